The Hall–Kier alpha value is -0.620. The van der Waals surface area contributed by atoms with Crippen LogP contribution in [0.3, 0.4) is 0 Å². The number of methoxy groups -OCH3 is 1. The van der Waals surface area contributed by atoms with Crippen LogP contribution in [0.1, 0.15) is 6.42 Å². The van der Waals surface area contributed by atoms with Crippen LogP contribution in [-0.2, 0) is 9.53 Å². The van der Waals surface area contributed by atoms with Crippen LogP contribution in [0, 0.1) is 3.57 Å². The Morgan fingerprint density at radius 1 is 1.33 bits per heavy atom. The van der Waals surface area contributed by atoms with Crippen LogP contribution >= 0.6 is 35.7 Å². The zero-order chi connectivity index (χ0) is 13.1. The van der Waals surface area contributed by atoms with E-state index in [1.165, 1.54) is 14.3 Å². The van der Waals surface area contributed by atoms with Gasteiger partial charge in [0.1, 0.15) is 0 Å². The second kappa shape index (κ2) is 6.02. The number of carbonyl (C=O) groups excluding carboxylic acids is 1. The fourth-order valence-corrected chi connectivity index (χ4v) is 7.75. The molecule has 0 saturated heterocycles. The zero-order valence-electron chi connectivity index (χ0n) is 10.2. The Morgan fingerprint density at radius 3 is 2.61 bits per heavy atom. The van der Waals surface area contributed by atoms with E-state index in [0.717, 1.165) is 10.1 Å². The molecule has 1 aliphatic carbocycles. The molecule has 4 heteroatoms. The molecule has 1 aliphatic rings. The summed E-state index contributed by atoms with van der Waals surface area (Å²) in [7, 11) is 1.43. The molecule has 0 heterocycles. The minimum atomic E-state index is -1.40. The van der Waals surface area contributed by atoms with Crippen molar-refractivity contribution in [2.24, 2.45) is 0 Å². The fourth-order valence-electron chi connectivity index (χ4n) is 1.75. The molecule has 2 rings (SSSR count). The van der Waals surface area contributed by atoms with Crippen molar-refractivity contribution in [1.29, 1.82) is 0 Å². The topological polar surface area (TPSA) is 26.3 Å². The van der Waals surface area contributed by atoms with Crippen molar-refractivity contribution in [3.63, 3.8) is 0 Å². The first-order valence-corrected chi connectivity index (χ1v) is 10.6. The van der Waals surface area contributed by atoms with Gasteiger partial charge >= 0.3 is 123 Å². The molecule has 2 nitrogen and oxygen atoms in total. The summed E-state index contributed by atoms with van der Waals surface area (Å²) in [5.74, 6) is -0.223. The molecule has 0 atom stereocenters. The third kappa shape index (κ3) is 2.85. The summed E-state index contributed by atoms with van der Waals surface area (Å²) in [6.07, 6.45) is 2.67. The van der Waals surface area contributed by atoms with E-state index in [1.54, 1.807) is 0 Å². The summed E-state index contributed by atoms with van der Waals surface area (Å²) >= 11 is 2.20. The average Bonchev–Trinajstić information content (AvgIpc) is 2.80. The van der Waals surface area contributed by atoms with Crippen molar-refractivity contribution in [3.05, 3.63) is 53.6 Å². The van der Waals surface area contributed by atoms with Crippen LogP contribution in [0.5, 0.6) is 0 Å². The number of esters is 1. The number of carbonyl (C=O) groups is 1. The van der Waals surface area contributed by atoms with Crippen LogP contribution in [0.25, 0.3) is 0 Å². The summed E-state index contributed by atoms with van der Waals surface area (Å²) in [5.41, 5.74) is 0.749. The normalized spacial score (nSPS) is 15.5. The minimum absolute atomic E-state index is 0.223. The van der Waals surface area contributed by atoms with E-state index >= 15 is 0 Å². The molecular formula is C14H14BrIO2. The van der Waals surface area contributed by atoms with Gasteiger partial charge < -0.3 is 0 Å². The van der Waals surface area contributed by atoms with Crippen LogP contribution in [0.4, 0.5) is 0 Å². The maximum absolute atomic E-state index is 11.5. The Morgan fingerprint density at radius 2 is 2.00 bits per heavy atom. The third-order valence-corrected chi connectivity index (χ3v) is 9.46. The third-order valence-electron chi connectivity index (χ3n) is 2.72. The number of halogens is 2. The number of hydrogen-bond acceptors (Lipinski definition) is 2. The van der Waals surface area contributed by atoms with E-state index in [1.807, 2.05) is 12.1 Å². The second-order valence-electron chi connectivity index (χ2n) is 3.86. The van der Waals surface area contributed by atoms with Gasteiger partial charge in [-0.25, -0.2) is 0 Å². The van der Waals surface area contributed by atoms with Crippen molar-refractivity contribution in [2.75, 3.05) is 12.0 Å². The van der Waals surface area contributed by atoms with E-state index in [4.69, 9.17) is 4.74 Å². The molecule has 0 bridgehead atoms. The molecule has 0 saturated carbocycles. The summed E-state index contributed by atoms with van der Waals surface area (Å²) in [4.78, 5) is 13.8. The molecule has 96 valence electrons. The average molecular weight is 421 g/mol. The van der Waals surface area contributed by atoms with Gasteiger partial charge in [-0.05, 0) is 0 Å². The molecule has 1 aromatic rings. The van der Waals surface area contributed by atoms with Gasteiger partial charge in [0.25, 0.3) is 0 Å². The van der Waals surface area contributed by atoms with Gasteiger partial charge in [0.2, 0.25) is 0 Å². The van der Waals surface area contributed by atoms with E-state index in [0.29, 0.717) is 6.42 Å². The molecule has 0 N–H and O–H groups in total. The fraction of sp³-hybridized carbons (Fsp3) is 0.214. The summed E-state index contributed by atoms with van der Waals surface area (Å²) in [5, 5.41) is 0. The van der Waals surface area contributed by atoms with E-state index in [-0.39, 0.29) is 5.97 Å². The van der Waals surface area contributed by atoms with Crippen LogP contribution in [0.15, 0.2) is 50.0 Å². The first kappa shape index (κ1) is 13.8. The number of allylic oxidation sites excluding steroid dienone is 3. The van der Waals surface area contributed by atoms with Gasteiger partial charge in [0.15, 0.2) is 0 Å². The molecule has 0 spiro atoms. The van der Waals surface area contributed by atoms with Gasteiger partial charge in [0, 0.05) is 0 Å². The van der Waals surface area contributed by atoms with Crippen LogP contribution < -0.4 is 0 Å². The molecule has 0 aromatic heterocycles. The van der Waals surface area contributed by atoms with Crippen LogP contribution in [-0.4, -0.2) is 18.0 Å². The van der Waals surface area contributed by atoms with Gasteiger partial charge in [0.05, 0.1) is 0 Å². The summed E-state index contributed by atoms with van der Waals surface area (Å²) < 4.78 is 8.63. The molecule has 0 unspecified atom stereocenters. The predicted molar refractivity (Wildman–Crippen MR) is 85.8 cm³/mol. The van der Waals surface area contributed by atoms with Crippen molar-refractivity contribution < 1.29 is 9.53 Å². The number of alkyl halides is 1. The van der Waals surface area contributed by atoms with Crippen LogP contribution in [0.2, 0.25) is 0 Å². The van der Waals surface area contributed by atoms with Gasteiger partial charge in [-0.1, -0.05) is 0 Å². The molecule has 18 heavy (non-hydrogen) atoms. The van der Waals surface area contributed by atoms with Crippen molar-refractivity contribution in [1.82, 2.24) is 0 Å². The number of hydrogen-bond donors (Lipinski definition) is 0. The quantitative estimate of drug-likeness (QED) is 0.418. The second-order valence-corrected chi connectivity index (χ2v) is 9.92. The molecule has 0 radical (unpaired) electrons. The molecule has 1 aromatic carbocycles. The molecular weight excluding hydrogens is 407 g/mol. The predicted octanol–water partition coefficient (Wildman–Crippen LogP) is 4.10. The molecule has 0 aliphatic heterocycles. The maximum atomic E-state index is 11.5. The molecule has 0 fully saturated rings. The van der Waals surface area contributed by atoms with E-state index in [9.17, 15) is 4.79 Å². The van der Waals surface area contributed by atoms with Crippen molar-refractivity contribution in [2.45, 2.75) is 6.42 Å². The first-order chi connectivity index (χ1) is 8.63. The van der Waals surface area contributed by atoms with Crippen molar-refractivity contribution in [3.8, 4) is 0 Å². The van der Waals surface area contributed by atoms with Gasteiger partial charge in [-0.15, -0.1) is 0 Å². The Labute approximate surface area is 123 Å². The standard InChI is InChI=1S/C14H14BrIO2/c1-16(11-6-4-3-5-7-11)13-9-10(8-12(13)15)14(17)18-2/h3-7,9H,8H2,1-2H3. The Kier molecular flexibility index (Phi) is 4.61. The first-order valence-electron chi connectivity index (χ1n) is 5.46. The number of benzene rings is 1. The number of ether oxygens (including phenoxy) is 1. The van der Waals surface area contributed by atoms with Crippen molar-refractivity contribution >= 4 is 41.7 Å². The van der Waals surface area contributed by atoms with Gasteiger partial charge in [-0.3, -0.25) is 0 Å². The van der Waals surface area contributed by atoms with E-state index < -0.39 is 19.8 Å². The Bertz CT molecular complexity index is 520. The SMILES string of the molecule is COC(=O)C1=CC(I(C)c2ccccc2)=C(Br)C1. The monoisotopic (exact) mass is 420 g/mol. The van der Waals surface area contributed by atoms with E-state index in [2.05, 4.69) is 45.1 Å². The summed E-state index contributed by atoms with van der Waals surface area (Å²) in [6.45, 7) is 0. The zero-order valence-corrected chi connectivity index (χ0v) is 14.0. The molecule has 0 amide bonds. The number of rotatable bonds is 3. The van der Waals surface area contributed by atoms with Gasteiger partial charge in [-0.2, -0.15) is 0 Å². The Balaban J connectivity index is 2.25. The summed E-state index contributed by atoms with van der Waals surface area (Å²) in [6, 6.07) is 10.5.